The lowest BCUT2D eigenvalue weighted by molar-refractivity contribution is 0.566. The summed E-state index contributed by atoms with van der Waals surface area (Å²) in [6.45, 7) is 0. The van der Waals surface area contributed by atoms with Crippen LogP contribution in [0.2, 0.25) is 0 Å². The van der Waals surface area contributed by atoms with Gasteiger partial charge in [-0.3, -0.25) is 0 Å². The maximum Gasteiger partial charge on any atom is 0.185 e. The average molecular weight is 362 g/mol. The van der Waals surface area contributed by atoms with E-state index in [1.54, 1.807) is 0 Å². The molecule has 2 aromatic rings. The minimum absolute atomic E-state index is 0.134. The standard InChI is InChI=1S/C13H10BrF2NO2S/c14-9-3-8(4-10(15)5-9)7-20(18,19)13-2-1-11(17)6-12(13)16/h1-6H,7,17H2. The third-order valence-electron chi connectivity index (χ3n) is 2.57. The number of sulfone groups is 1. The predicted molar refractivity (Wildman–Crippen MR) is 75.8 cm³/mol. The van der Waals surface area contributed by atoms with Crippen molar-refractivity contribution in [2.75, 3.05) is 5.73 Å². The van der Waals surface area contributed by atoms with Gasteiger partial charge in [-0.05, 0) is 42.0 Å². The highest BCUT2D eigenvalue weighted by atomic mass is 79.9. The smallest absolute Gasteiger partial charge is 0.185 e. The number of anilines is 1. The number of hydrogen-bond donors (Lipinski definition) is 1. The summed E-state index contributed by atoms with van der Waals surface area (Å²) >= 11 is 3.08. The molecule has 0 unspecified atom stereocenters. The Labute approximate surface area is 123 Å². The second kappa shape index (κ2) is 5.49. The minimum Gasteiger partial charge on any atom is -0.399 e. The van der Waals surface area contributed by atoms with Crippen LogP contribution in [0.1, 0.15) is 5.56 Å². The van der Waals surface area contributed by atoms with Crippen LogP contribution in [0.15, 0.2) is 45.8 Å². The van der Waals surface area contributed by atoms with Crippen molar-refractivity contribution in [3.63, 3.8) is 0 Å². The largest absolute Gasteiger partial charge is 0.399 e. The van der Waals surface area contributed by atoms with Gasteiger partial charge in [0.25, 0.3) is 0 Å². The first-order valence-electron chi connectivity index (χ1n) is 5.51. The highest BCUT2D eigenvalue weighted by Crippen LogP contribution is 2.23. The number of rotatable bonds is 3. The van der Waals surface area contributed by atoms with Crippen LogP contribution in [-0.2, 0) is 15.6 Å². The Kier molecular flexibility index (Phi) is 4.10. The van der Waals surface area contributed by atoms with Gasteiger partial charge in [-0.1, -0.05) is 15.9 Å². The predicted octanol–water partition coefficient (Wildman–Crippen LogP) is 3.28. The molecule has 0 spiro atoms. The molecule has 0 bridgehead atoms. The summed E-state index contributed by atoms with van der Waals surface area (Å²) in [5, 5.41) is 0. The Morgan fingerprint density at radius 3 is 2.40 bits per heavy atom. The van der Waals surface area contributed by atoms with E-state index in [4.69, 9.17) is 5.73 Å². The van der Waals surface area contributed by atoms with E-state index < -0.39 is 32.1 Å². The Balaban J connectivity index is 2.40. The van der Waals surface area contributed by atoms with Crippen LogP contribution in [0.25, 0.3) is 0 Å². The SMILES string of the molecule is Nc1ccc(S(=O)(=O)Cc2cc(F)cc(Br)c2)c(F)c1. The molecule has 0 heterocycles. The summed E-state index contributed by atoms with van der Waals surface area (Å²) in [7, 11) is -3.91. The van der Waals surface area contributed by atoms with Crippen LogP contribution < -0.4 is 5.73 Å². The summed E-state index contributed by atoms with van der Waals surface area (Å²) < 4.78 is 51.6. The molecule has 3 nitrogen and oxygen atoms in total. The van der Waals surface area contributed by atoms with Crippen LogP contribution in [0.3, 0.4) is 0 Å². The van der Waals surface area contributed by atoms with Gasteiger partial charge in [0.2, 0.25) is 0 Å². The molecule has 0 atom stereocenters. The fraction of sp³-hybridized carbons (Fsp3) is 0.0769. The van der Waals surface area contributed by atoms with Gasteiger partial charge in [-0.25, -0.2) is 17.2 Å². The van der Waals surface area contributed by atoms with Crippen LogP contribution in [-0.4, -0.2) is 8.42 Å². The molecule has 0 radical (unpaired) electrons. The molecule has 0 aliphatic rings. The van der Waals surface area contributed by atoms with Crippen molar-refractivity contribution in [1.29, 1.82) is 0 Å². The highest BCUT2D eigenvalue weighted by molar-refractivity contribution is 9.10. The lowest BCUT2D eigenvalue weighted by Crippen LogP contribution is -2.08. The van der Waals surface area contributed by atoms with E-state index in [0.29, 0.717) is 4.47 Å². The van der Waals surface area contributed by atoms with Crippen molar-refractivity contribution in [3.8, 4) is 0 Å². The minimum atomic E-state index is -3.91. The van der Waals surface area contributed by atoms with Gasteiger partial charge in [-0.15, -0.1) is 0 Å². The number of nitrogen functional groups attached to an aromatic ring is 1. The number of nitrogens with two attached hydrogens (primary N) is 1. The third-order valence-corrected chi connectivity index (χ3v) is 4.74. The Morgan fingerprint density at radius 2 is 1.80 bits per heavy atom. The first-order chi connectivity index (χ1) is 9.28. The molecule has 0 aliphatic heterocycles. The Morgan fingerprint density at radius 1 is 1.10 bits per heavy atom. The molecule has 0 amide bonds. The third kappa shape index (κ3) is 3.34. The summed E-state index contributed by atoms with van der Waals surface area (Å²) in [5.74, 6) is -1.98. The lowest BCUT2D eigenvalue weighted by atomic mass is 10.2. The maximum atomic E-state index is 13.7. The molecule has 106 valence electrons. The normalized spacial score (nSPS) is 11.6. The van der Waals surface area contributed by atoms with Crippen molar-refractivity contribution >= 4 is 31.5 Å². The van der Waals surface area contributed by atoms with Crippen molar-refractivity contribution < 1.29 is 17.2 Å². The highest BCUT2D eigenvalue weighted by Gasteiger charge is 2.20. The van der Waals surface area contributed by atoms with E-state index in [2.05, 4.69) is 15.9 Å². The summed E-state index contributed by atoms with van der Waals surface area (Å²) in [4.78, 5) is -0.452. The Hall–Kier alpha value is -1.47. The topological polar surface area (TPSA) is 60.2 Å². The fourth-order valence-corrected chi connectivity index (χ4v) is 3.67. The number of hydrogen-bond acceptors (Lipinski definition) is 3. The van der Waals surface area contributed by atoms with Crippen LogP contribution >= 0.6 is 15.9 Å². The van der Waals surface area contributed by atoms with Crippen molar-refractivity contribution in [2.24, 2.45) is 0 Å². The van der Waals surface area contributed by atoms with Crippen LogP contribution in [0.4, 0.5) is 14.5 Å². The van der Waals surface area contributed by atoms with Crippen LogP contribution in [0, 0.1) is 11.6 Å². The second-order valence-electron chi connectivity index (χ2n) is 4.23. The molecule has 0 saturated heterocycles. The van der Waals surface area contributed by atoms with E-state index in [1.807, 2.05) is 0 Å². The number of benzene rings is 2. The molecular formula is C13H10BrF2NO2S. The average Bonchev–Trinajstić information content (AvgIpc) is 2.25. The zero-order valence-corrected chi connectivity index (χ0v) is 12.5. The van der Waals surface area contributed by atoms with Gasteiger partial charge in [-0.2, -0.15) is 0 Å². The summed E-state index contributed by atoms with van der Waals surface area (Å²) in [5.41, 5.74) is 5.74. The molecule has 2 N–H and O–H groups in total. The summed E-state index contributed by atoms with van der Waals surface area (Å²) in [6, 6.07) is 7.12. The van der Waals surface area contributed by atoms with E-state index >= 15 is 0 Å². The molecule has 2 rings (SSSR count). The van der Waals surface area contributed by atoms with Gasteiger partial charge in [0.1, 0.15) is 16.5 Å². The quantitative estimate of drug-likeness (QED) is 0.853. The molecular weight excluding hydrogens is 352 g/mol. The van der Waals surface area contributed by atoms with E-state index in [-0.39, 0.29) is 11.3 Å². The molecule has 20 heavy (non-hydrogen) atoms. The molecule has 7 heteroatoms. The first kappa shape index (κ1) is 14.9. The zero-order valence-electron chi connectivity index (χ0n) is 10.1. The Bertz CT molecular complexity index is 743. The zero-order chi connectivity index (χ0) is 14.9. The molecule has 0 fully saturated rings. The molecule has 0 aromatic heterocycles. The van der Waals surface area contributed by atoms with E-state index in [0.717, 1.165) is 18.2 Å². The van der Waals surface area contributed by atoms with Gasteiger partial charge < -0.3 is 5.73 Å². The maximum absolute atomic E-state index is 13.7. The van der Waals surface area contributed by atoms with Gasteiger partial charge in [0.05, 0.1) is 5.75 Å². The molecule has 0 saturated carbocycles. The van der Waals surface area contributed by atoms with Gasteiger partial charge >= 0.3 is 0 Å². The van der Waals surface area contributed by atoms with Crippen molar-refractivity contribution in [3.05, 3.63) is 58.1 Å². The van der Waals surface area contributed by atoms with Crippen LogP contribution in [0.5, 0.6) is 0 Å². The van der Waals surface area contributed by atoms with E-state index in [9.17, 15) is 17.2 Å². The second-order valence-corrected chi connectivity index (χ2v) is 7.10. The first-order valence-corrected chi connectivity index (χ1v) is 7.95. The van der Waals surface area contributed by atoms with Crippen molar-refractivity contribution in [2.45, 2.75) is 10.6 Å². The fourth-order valence-electron chi connectivity index (χ4n) is 1.76. The van der Waals surface area contributed by atoms with Gasteiger partial charge in [0, 0.05) is 10.2 Å². The summed E-state index contributed by atoms with van der Waals surface area (Å²) in [6.07, 6.45) is 0. The monoisotopic (exact) mass is 361 g/mol. The molecule has 0 aliphatic carbocycles. The number of halogens is 3. The van der Waals surface area contributed by atoms with Gasteiger partial charge in [0.15, 0.2) is 9.84 Å². The molecule has 2 aromatic carbocycles. The lowest BCUT2D eigenvalue weighted by Gasteiger charge is -2.07. The van der Waals surface area contributed by atoms with Crippen molar-refractivity contribution in [1.82, 2.24) is 0 Å². The van der Waals surface area contributed by atoms with E-state index in [1.165, 1.54) is 18.2 Å².